The molecule has 1 aliphatic carbocycles. The number of anilines is 1. The van der Waals surface area contributed by atoms with Crippen molar-refractivity contribution in [3.05, 3.63) is 51.2 Å². The number of rotatable bonds is 6. The molecule has 28 heavy (non-hydrogen) atoms. The van der Waals surface area contributed by atoms with Crippen LogP contribution < -0.4 is 5.32 Å². The van der Waals surface area contributed by atoms with E-state index in [-0.39, 0.29) is 6.61 Å². The maximum atomic E-state index is 12.2. The van der Waals surface area contributed by atoms with Crippen molar-refractivity contribution in [1.82, 2.24) is 0 Å². The molecular weight excluding hydrogens is 378 g/mol. The minimum atomic E-state index is -0.472. The molecule has 2 aromatic rings. The van der Waals surface area contributed by atoms with Gasteiger partial charge in [-0.25, -0.2) is 9.59 Å². The standard InChI is InChI=1S/C21H23NO5S/c1-3-26-20(24)14-5-7-16(8-6-14)22-19(23)12-27-21(25)18-11-15-10-13(2)4-9-17(15)28-18/h5-8,11,13H,3-4,9-10,12H2,1-2H3,(H,22,23)/t13-/m1/s1. The summed E-state index contributed by atoms with van der Waals surface area (Å²) in [5, 5.41) is 2.64. The minimum Gasteiger partial charge on any atom is -0.462 e. The Hall–Kier alpha value is -2.67. The van der Waals surface area contributed by atoms with Crippen molar-refractivity contribution in [3.8, 4) is 0 Å². The summed E-state index contributed by atoms with van der Waals surface area (Å²) in [4.78, 5) is 37.7. The van der Waals surface area contributed by atoms with Gasteiger partial charge < -0.3 is 14.8 Å². The molecule has 1 atom stereocenters. The van der Waals surface area contributed by atoms with Gasteiger partial charge in [-0.15, -0.1) is 11.3 Å². The molecule has 0 aliphatic heterocycles. The third-order valence-electron chi connectivity index (χ3n) is 4.54. The summed E-state index contributed by atoms with van der Waals surface area (Å²) >= 11 is 1.46. The zero-order valence-electron chi connectivity index (χ0n) is 15.9. The summed E-state index contributed by atoms with van der Waals surface area (Å²) in [6, 6.07) is 8.22. The first kappa shape index (κ1) is 20.1. The van der Waals surface area contributed by atoms with Crippen molar-refractivity contribution in [3.63, 3.8) is 0 Å². The van der Waals surface area contributed by atoms with E-state index in [0.717, 1.165) is 19.3 Å². The van der Waals surface area contributed by atoms with Crippen molar-refractivity contribution in [2.75, 3.05) is 18.5 Å². The van der Waals surface area contributed by atoms with Crippen molar-refractivity contribution >= 4 is 34.9 Å². The number of benzene rings is 1. The normalized spacial score (nSPS) is 15.4. The fraction of sp³-hybridized carbons (Fsp3) is 0.381. The van der Waals surface area contributed by atoms with E-state index in [1.54, 1.807) is 31.2 Å². The Bertz CT molecular complexity index is 871. The lowest BCUT2D eigenvalue weighted by Crippen LogP contribution is -2.20. The molecule has 0 spiro atoms. The molecule has 7 heteroatoms. The molecule has 0 saturated heterocycles. The number of hydrogen-bond acceptors (Lipinski definition) is 6. The molecule has 6 nitrogen and oxygen atoms in total. The molecule has 1 heterocycles. The van der Waals surface area contributed by atoms with Crippen molar-refractivity contribution < 1.29 is 23.9 Å². The third kappa shape index (κ3) is 4.98. The highest BCUT2D eigenvalue weighted by Crippen LogP contribution is 2.32. The molecule has 1 N–H and O–H groups in total. The van der Waals surface area contributed by atoms with E-state index in [1.807, 2.05) is 6.07 Å². The largest absolute Gasteiger partial charge is 0.462 e. The van der Waals surface area contributed by atoms with Crippen LogP contribution in [0.1, 0.15) is 50.7 Å². The molecule has 1 aliphatic rings. The van der Waals surface area contributed by atoms with Crippen LogP contribution in [-0.2, 0) is 27.1 Å². The molecule has 0 radical (unpaired) electrons. The first-order valence-corrected chi connectivity index (χ1v) is 10.1. The lowest BCUT2D eigenvalue weighted by atomic mass is 9.90. The zero-order chi connectivity index (χ0) is 20.1. The lowest BCUT2D eigenvalue weighted by Gasteiger charge is -2.16. The Morgan fingerprint density at radius 1 is 1.14 bits per heavy atom. The van der Waals surface area contributed by atoms with Crippen LogP contribution in [-0.4, -0.2) is 31.1 Å². The second-order valence-corrected chi connectivity index (χ2v) is 7.97. The number of thiophene rings is 1. The number of aryl methyl sites for hydroxylation is 1. The van der Waals surface area contributed by atoms with E-state index in [2.05, 4.69) is 12.2 Å². The van der Waals surface area contributed by atoms with Crippen molar-refractivity contribution in [2.24, 2.45) is 5.92 Å². The smallest absolute Gasteiger partial charge is 0.348 e. The first-order chi connectivity index (χ1) is 13.5. The summed E-state index contributed by atoms with van der Waals surface area (Å²) in [6.07, 6.45) is 3.12. The summed E-state index contributed by atoms with van der Waals surface area (Å²) in [6.45, 7) is 3.88. The fourth-order valence-corrected chi connectivity index (χ4v) is 4.21. The highest BCUT2D eigenvalue weighted by atomic mass is 32.1. The zero-order valence-corrected chi connectivity index (χ0v) is 16.8. The number of hydrogen-bond donors (Lipinski definition) is 1. The highest BCUT2D eigenvalue weighted by molar-refractivity contribution is 7.14. The predicted molar refractivity (Wildman–Crippen MR) is 107 cm³/mol. The topological polar surface area (TPSA) is 81.7 Å². The second-order valence-electron chi connectivity index (χ2n) is 6.83. The van der Waals surface area contributed by atoms with Crippen molar-refractivity contribution in [2.45, 2.75) is 33.1 Å². The maximum Gasteiger partial charge on any atom is 0.348 e. The number of amides is 1. The number of carbonyl (C=O) groups excluding carboxylic acids is 3. The van der Waals surface area contributed by atoms with Crippen molar-refractivity contribution in [1.29, 1.82) is 0 Å². The molecule has 0 bridgehead atoms. The predicted octanol–water partition coefficient (Wildman–Crippen LogP) is 3.85. The summed E-state index contributed by atoms with van der Waals surface area (Å²) < 4.78 is 10.1. The first-order valence-electron chi connectivity index (χ1n) is 9.32. The molecule has 1 aromatic heterocycles. The molecule has 1 aromatic carbocycles. The molecule has 3 rings (SSSR count). The Kier molecular flexibility index (Phi) is 6.46. The second kappa shape index (κ2) is 9.01. The Morgan fingerprint density at radius 3 is 2.61 bits per heavy atom. The SMILES string of the molecule is CCOC(=O)c1ccc(NC(=O)COC(=O)c2cc3c(s2)CC[C@@H](C)C3)cc1. The van der Waals surface area contributed by atoms with Gasteiger partial charge in [0.1, 0.15) is 4.88 Å². The fourth-order valence-electron chi connectivity index (χ4n) is 3.11. The summed E-state index contributed by atoms with van der Waals surface area (Å²) in [7, 11) is 0. The average molecular weight is 401 g/mol. The number of nitrogens with one attached hydrogen (secondary N) is 1. The van der Waals surface area contributed by atoms with Gasteiger partial charge in [0.05, 0.1) is 12.2 Å². The summed E-state index contributed by atoms with van der Waals surface area (Å²) in [5.41, 5.74) is 2.14. The van der Waals surface area contributed by atoms with Gasteiger partial charge in [-0.05, 0) is 68.0 Å². The van der Waals surface area contributed by atoms with Crippen LogP contribution >= 0.6 is 11.3 Å². The monoisotopic (exact) mass is 401 g/mol. The third-order valence-corrected chi connectivity index (χ3v) is 5.76. The van der Waals surface area contributed by atoms with E-state index < -0.39 is 17.8 Å². The molecule has 0 fully saturated rings. The van der Waals surface area contributed by atoms with Crippen LogP contribution in [0.15, 0.2) is 30.3 Å². The average Bonchev–Trinajstić information content (AvgIpc) is 3.10. The number of esters is 2. The number of ether oxygens (including phenoxy) is 2. The van der Waals surface area contributed by atoms with Gasteiger partial charge in [0.2, 0.25) is 0 Å². The maximum absolute atomic E-state index is 12.2. The van der Waals surface area contributed by atoms with Crippen LogP contribution in [0.4, 0.5) is 5.69 Å². The minimum absolute atomic E-state index is 0.301. The molecule has 0 saturated carbocycles. The van der Waals surface area contributed by atoms with E-state index in [9.17, 15) is 14.4 Å². The van der Waals surface area contributed by atoms with E-state index >= 15 is 0 Å². The van der Waals surface area contributed by atoms with Gasteiger partial charge in [0, 0.05) is 10.6 Å². The van der Waals surface area contributed by atoms with Crippen LogP contribution in [0.5, 0.6) is 0 Å². The van der Waals surface area contributed by atoms with E-state index in [1.165, 1.54) is 21.8 Å². The van der Waals surface area contributed by atoms with Gasteiger partial charge in [0.15, 0.2) is 6.61 Å². The Morgan fingerprint density at radius 2 is 1.89 bits per heavy atom. The van der Waals surface area contributed by atoms with Gasteiger partial charge in [0.25, 0.3) is 5.91 Å². The van der Waals surface area contributed by atoms with Crippen LogP contribution in [0.2, 0.25) is 0 Å². The van der Waals surface area contributed by atoms with Gasteiger partial charge in [-0.1, -0.05) is 6.92 Å². The molecular formula is C21H23NO5S. The highest BCUT2D eigenvalue weighted by Gasteiger charge is 2.21. The van der Waals surface area contributed by atoms with Crippen LogP contribution in [0.3, 0.4) is 0 Å². The lowest BCUT2D eigenvalue weighted by molar-refractivity contribution is -0.119. The van der Waals surface area contributed by atoms with Crippen LogP contribution in [0, 0.1) is 5.92 Å². The van der Waals surface area contributed by atoms with Gasteiger partial charge >= 0.3 is 11.9 Å². The van der Waals surface area contributed by atoms with E-state index in [0.29, 0.717) is 28.7 Å². The van der Waals surface area contributed by atoms with E-state index in [4.69, 9.17) is 9.47 Å². The van der Waals surface area contributed by atoms with Gasteiger partial charge in [-0.3, -0.25) is 4.79 Å². The number of carbonyl (C=O) groups is 3. The summed E-state index contributed by atoms with van der Waals surface area (Å²) in [5.74, 6) is -0.693. The molecule has 148 valence electrons. The van der Waals surface area contributed by atoms with Gasteiger partial charge in [-0.2, -0.15) is 0 Å². The molecule has 0 unspecified atom stereocenters. The Balaban J connectivity index is 1.50. The van der Waals surface area contributed by atoms with Crippen LogP contribution in [0.25, 0.3) is 0 Å². The Labute approximate surface area is 167 Å². The number of fused-ring (bicyclic) bond motifs is 1. The molecule has 1 amide bonds. The quantitative estimate of drug-likeness (QED) is 0.744.